The van der Waals surface area contributed by atoms with Gasteiger partial charge in [-0.15, -0.1) is 0 Å². The molecule has 0 unspecified atom stereocenters. The Hall–Kier alpha value is -8.18. The van der Waals surface area contributed by atoms with Crippen LogP contribution in [0.2, 0.25) is 0 Å². The summed E-state index contributed by atoms with van der Waals surface area (Å²) in [6.07, 6.45) is 18.8. The number of hydrogen-bond acceptors (Lipinski definition) is 8. The van der Waals surface area contributed by atoms with Gasteiger partial charge in [-0.1, -0.05) is 367 Å². The Bertz CT molecular complexity index is 6040. The molecule has 0 saturated carbocycles. The minimum absolute atomic E-state index is 0.383. The molecule has 6 heterocycles. The van der Waals surface area contributed by atoms with Crippen molar-refractivity contribution in [2.45, 2.75) is 316 Å². The normalized spacial score (nSPS) is 14.3. The van der Waals surface area contributed by atoms with Gasteiger partial charge in [-0.25, -0.2) is 43.0 Å². The van der Waals surface area contributed by atoms with Crippen LogP contribution in [0.15, 0.2) is 218 Å². The molecule has 148 heavy (non-hydrogen) atoms. The van der Waals surface area contributed by atoms with E-state index in [-0.39, 0.29) is 0 Å². The number of rotatable bonds is 34. The van der Waals surface area contributed by atoms with Crippen LogP contribution in [0.3, 0.4) is 0 Å². The summed E-state index contributed by atoms with van der Waals surface area (Å²) >= 11 is 0. The third-order valence-corrected chi connectivity index (χ3v) is 46.0. The third kappa shape index (κ3) is 27.2. The number of ether oxygens (including phenoxy) is 4. The maximum absolute atomic E-state index is 11.1. The fraction of sp³-hybridized carbons (Fsp3) is 0.433. The Labute approximate surface area is 904 Å². The van der Waals surface area contributed by atoms with Crippen molar-refractivity contribution < 1.29 is 57.0 Å². The summed E-state index contributed by atoms with van der Waals surface area (Å²) in [5.41, 5.74) is 38.2. The maximum atomic E-state index is 11.1. The van der Waals surface area contributed by atoms with Gasteiger partial charge in [0.25, 0.3) is 0 Å². The molecule has 0 radical (unpaired) electrons. The van der Waals surface area contributed by atoms with Gasteiger partial charge >= 0.3 is 23.1 Å². The van der Waals surface area contributed by atoms with E-state index >= 15 is 0 Å². The van der Waals surface area contributed by atoms with Gasteiger partial charge in [-0.05, 0) is 156 Å². The van der Waals surface area contributed by atoms with Gasteiger partial charge in [0.1, 0.15) is 117 Å². The minimum Gasteiger partial charge on any atom is -0.616 e. The Morgan fingerprint density at radius 2 is 0.453 bits per heavy atom. The molecule has 0 saturated heterocycles. The minimum atomic E-state index is -0.445. The summed E-state index contributed by atoms with van der Waals surface area (Å²) in [6, 6.07) is 55.7. The van der Waals surface area contributed by atoms with Crippen molar-refractivity contribution >= 4 is 139 Å². The number of nitrogens with zero attached hydrogens (tertiary/aromatic N) is 8. The van der Waals surface area contributed by atoms with E-state index in [1.54, 1.807) is 0 Å². The summed E-state index contributed by atoms with van der Waals surface area (Å²) in [7, 11) is 17.9. The zero-order valence-corrected chi connectivity index (χ0v) is 105. The van der Waals surface area contributed by atoms with Gasteiger partial charge in [0.2, 0.25) is 0 Å². The topological polar surface area (TPSA) is 152 Å². The van der Waals surface area contributed by atoms with Crippen molar-refractivity contribution in [1.82, 2.24) is 18.3 Å². The van der Waals surface area contributed by atoms with Crippen molar-refractivity contribution in [2.75, 3.05) is 28.4 Å². The molecular weight excluding hydrogens is 2050 g/mol. The summed E-state index contributed by atoms with van der Waals surface area (Å²) < 4.78 is 38.6. The van der Waals surface area contributed by atoms with Crippen molar-refractivity contribution in [1.29, 1.82) is 0 Å². The predicted molar refractivity (Wildman–Crippen MR) is 638 cm³/mol. The first kappa shape index (κ1) is 120. The molecule has 4 aromatic heterocycles. The summed E-state index contributed by atoms with van der Waals surface area (Å²) in [4.78, 5) is 22.3. The second-order valence-corrected chi connectivity index (χ2v) is 61.7. The second kappa shape index (κ2) is 54.6. The Balaban J connectivity index is 0.000000225. The lowest BCUT2D eigenvalue weighted by Crippen LogP contribution is -2.46. The Morgan fingerprint density at radius 3 is 0.649 bits per heavy atom. The molecule has 0 amide bonds. The highest BCUT2D eigenvalue weighted by atomic mass is 32.2. The fourth-order valence-corrected chi connectivity index (χ4v) is 39.9. The molecule has 0 fully saturated rings. The second-order valence-electron chi connectivity index (χ2n) is 42.6. The molecule has 0 N–H and O–H groups in total. The molecular formula is C120H156N8O8P12. The highest BCUT2D eigenvalue weighted by molar-refractivity contribution is 8.29. The number of aromatic nitrogens is 8. The van der Waals surface area contributed by atoms with Gasteiger partial charge in [0, 0.05) is 115 Å². The van der Waals surface area contributed by atoms with E-state index in [0.717, 1.165) is 46.6 Å². The molecule has 0 aliphatic carbocycles. The van der Waals surface area contributed by atoms with E-state index < -0.39 is 23.8 Å². The molecule has 0 spiro atoms. The van der Waals surface area contributed by atoms with Gasteiger partial charge in [-0.2, -0.15) is 18.3 Å². The quantitative estimate of drug-likeness (QED) is 0.0167. The molecule has 2 aliphatic rings. The molecule has 0 bridgehead atoms. The summed E-state index contributed by atoms with van der Waals surface area (Å²) in [5, 5.41) is 23.9. The first-order valence-electron chi connectivity index (χ1n) is 52.2. The molecule has 14 rings (SSSR count). The van der Waals surface area contributed by atoms with Crippen molar-refractivity contribution in [2.24, 2.45) is 0 Å². The maximum Gasteiger partial charge on any atom is 0.343 e. The number of methoxy groups -OCH3 is 4. The lowest BCUT2D eigenvalue weighted by molar-refractivity contribution is -0.576. The van der Waals surface area contributed by atoms with Crippen LogP contribution in [0.4, 0.5) is 0 Å². The number of esters is 2. The zero-order valence-electron chi connectivity index (χ0n) is 93.9. The lowest BCUT2D eigenvalue weighted by atomic mass is 9.92. The fourth-order valence-electron chi connectivity index (χ4n) is 19.2. The van der Waals surface area contributed by atoms with Crippen molar-refractivity contribution in [3.05, 3.63) is 307 Å². The molecule has 784 valence electrons. The number of para-hydroxylation sites is 8. The Kier molecular flexibility index (Phi) is 44.3. The van der Waals surface area contributed by atoms with Crippen LogP contribution < -0.4 is 50.7 Å². The van der Waals surface area contributed by atoms with Crippen LogP contribution in [-0.2, 0) is 28.5 Å². The molecule has 8 aromatic carbocycles. The largest absolute Gasteiger partial charge is 0.616 e. The van der Waals surface area contributed by atoms with E-state index in [9.17, 15) is 19.8 Å². The van der Waals surface area contributed by atoms with Crippen LogP contribution in [-0.4, -0.2) is 69.2 Å². The monoisotopic (exact) mass is 2210 g/mol. The van der Waals surface area contributed by atoms with Crippen molar-refractivity contribution in [3.8, 4) is 45.5 Å². The van der Waals surface area contributed by atoms with E-state index in [1.807, 2.05) is 0 Å². The van der Waals surface area contributed by atoms with E-state index in [2.05, 4.69) is 472 Å². The number of benzene rings is 8. The van der Waals surface area contributed by atoms with E-state index in [4.69, 9.17) is 0 Å². The first-order valence-corrected chi connectivity index (χ1v) is 68.6. The number of carbonyl (C=O) groups excluding carboxylic acids is 2. The molecule has 2 aliphatic heterocycles. The molecule has 16 nitrogen and oxygen atoms in total. The van der Waals surface area contributed by atoms with E-state index in [1.165, 1.54) is 233 Å². The highest BCUT2D eigenvalue weighted by Crippen LogP contribution is 2.50. The average molecular weight is 2210 g/mol. The Morgan fingerprint density at radius 1 is 0.270 bits per heavy atom. The van der Waals surface area contributed by atoms with Crippen LogP contribution in [0.5, 0.6) is 0 Å². The van der Waals surface area contributed by atoms with Gasteiger partial charge in [-0.3, -0.25) is 0 Å². The van der Waals surface area contributed by atoms with Crippen LogP contribution >= 0.6 is 94.0 Å². The zero-order chi connectivity index (χ0) is 109. The molecule has 28 heteroatoms. The SMILES string of the molecule is CC(C)c1cccc(C(C)C)c1-n1cc[n+](-c2c(C(C)C)cccc2C(C)C)c1P=P[P-]c1n(-c2c(C(C)C)cccc2C(C)C)cc[n+]1-c1c(C(C)C)cccc1C(C)C.CC(C)c1cccc(C(C)C)c1-n1cc[n+](-c2c(C(C)C)cccc2C(C)C)c1P=P[P-]c1n(-c2c(C(C)C)cccc2C(C)C)cc[n+]1-c1c(C(C)C)cccc1C(C)C.COC(=O)C1=PP=P/C1=C(/[O-])OC.COC(=O)C1=PP=P/C1=C(\[O-])OC. The first-order chi connectivity index (χ1) is 70.3. The van der Waals surface area contributed by atoms with Crippen molar-refractivity contribution in [3.63, 3.8) is 0 Å². The van der Waals surface area contributed by atoms with Crippen LogP contribution in [0.1, 0.15) is 405 Å². The number of imidazole rings is 4. The lowest BCUT2D eigenvalue weighted by Gasteiger charge is -2.23. The average Bonchev–Trinajstić information content (AvgIpc) is 1.60. The number of hydrogen-bond donors (Lipinski definition) is 0. The van der Waals surface area contributed by atoms with Gasteiger partial charge < -0.3 is 45.7 Å². The molecule has 12 aromatic rings. The molecule has 0 atom stereocenters. The summed E-state index contributed by atoms with van der Waals surface area (Å²) in [6.45, 7) is 74.9. The van der Waals surface area contributed by atoms with Gasteiger partial charge in [0.15, 0.2) is 0 Å². The van der Waals surface area contributed by atoms with Crippen LogP contribution in [0, 0.1) is 0 Å². The van der Waals surface area contributed by atoms with E-state index in [0.29, 0.717) is 116 Å². The standard InChI is InChI=1S/2C54H72N4P3.2C6H7O4P3/c2*1-33(2)41-21-17-22-42(34(3)4)49(41)55-29-30-56(50-43(35(5)6)23-18-24-44(50)36(7)8)53(55)59-61-60-54-57(51-45(37(9)10)25-19-26-46(51)38(11)12)31-32-58(54)52-47(39(13)14)27-20-28-48(52)40(15)16;2*1-9-5(7)3-4(6(8)10-2)12-13-11-3/h2*17-40H,1-16H3;2*7H,1-2H3/q2*+1;;/p-2/b;;5-3+;5-3-. The predicted octanol–water partition coefficient (Wildman–Crippen LogP) is 33.2. The highest BCUT2D eigenvalue weighted by Gasteiger charge is 2.36. The third-order valence-electron chi connectivity index (χ3n) is 26.9. The van der Waals surface area contributed by atoms with Crippen LogP contribution in [0.25, 0.3) is 45.5 Å². The summed E-state index contributed by atoms with van der Waals surface area (Å²) in [5.74, 6) is 4.35. The smallest absolute Gasteiger partial charge is 0.343 e. The van der Waals surface area contributed by atoms with Gasteiger partial charge in [0.05, 0.1) is 26.1 Å². The number of carbonyl (C=O) groups is 2.